The first-order chi connectivity index (χ1) is 17.9. The summed E-state index contributed by atoms with van der Waals surface area (Å²) in [7, 11) is 0. The van der Waals surface area contributed by atoms with Gasteiger partial charge in [-0.3, -0.25) is 4.79 Å². The van der Waals surface area contributed by atoms with E-state index in [9.17, 15) is 4.79 Å². The van der Waals surface area contributed by atoms with Gasteiger partial charge in [-0.15, -0.1) is 5.10 Å². The van der Waals surface area contributed by atoms with Crippen molar-refractivity contribution in [3.63, 3.8) is 0 Å². The van der Waals surface area contributed by atoms with E-state index in [1.807, 2.05) is 76.2 Å². The van der Waals surface area contributed by atoms with Crippen molar-refractivity contribution in [2.24, 2.45) is 0 Å². The highest BCUT2D eigenvalue weighted by atomic mass is 32.2. The first-order valence-corrected chi connectivity index (χ1v) is 13.8. The van der Waals surface area contributed by atoms with Crippen LogP contribution in [0.15, 0.2) is 65.0 Å². The maximum atomic E-state index is 13.8. The summed E-state index contributed by atoms with van der Waals surface area (Å²) in [5.74, 6) is 2.68. The molecule has 0 fully saturated rings. The third-order valence-corrected chi connectivity index (χ3v) is 6.71. The number of ether oxygens (including phenoxy) is 2. The van der Waals surface area contributed by atoms with Gasteiger partial charge in [0.15, 0.2) is 0 Å². The lowest BCUT2D eigenvalue weighted by atomic mass is 9.94. The summed E-state index contributed by atoms with van der Waals surface area (Å²) in [5.41, 5.74) is 2.77. The van der Waals surface area contributed by atoms with E-state index >= 15 is 0 Å². The molecule has 1 atom stereocenters. The van der Waals surface area contributed by atoms with Crippen molar-refractivity contribution in [3.05, 3.63) is 65.4 Å². The fourth-order valence-corrected chi connectivity index (χ4v) is 5.09. The van der Waals surface area contributed by atoms with Gasteiger partial charge < -0.3 is 20.1 Å². The number of allylic oxidation sites excluding steroid dienone is 1. The normalized spacial score (nSPS) is 14.8. The molecule has 0 saturated heterocycles. The molecule has 3 aromatic rings. The number of fused-ring (bicyclic) bond motifs is 1. The van der Waals surface area contributed by atoms with Crippen LogP contribution >= 0.6 is 11.8 Å². The molecule has 2 heterocycles. The molecule has 1 aliphatic rings. The number of carbonyl (C=O) groups excluding carboxylic acids is 1. The standard InChI is InChI=1S/C28H35N5O3S/c1-6-8-16-37-28-31-27-29-19(5)24(26(34)30-22-14-9-10-15-23(22)35-7-2)25(33(27)32-28)20-12-11-13-21(17-20)36-18(3)4/h9-15,17-18,25H,6-8,16H2,1-5H3,(H,30,34)(H,29,31,32). The highest BCUT2D eigenvalue weighted by Gasteiger charge is 2.35. The molecule has 0 saturated carbocycles. The highest BCUT2D eigenvalue weighted by molar-refractivity contribution is 7.99. The van der Waals surface area contributed by atoms with Crippen molar-refractivity contribution >= 4 is 29.3 Å². The molecule has 2 aromatic carbocycles. The number of anilines is 2. The zero-order valence-corrected chi connectivity index (χ0v) is 22.9. The van der Waals surface area contributed by atoms with E-state index in [2.05, 4.69) is 17.6 Å². The Hall–Kier alpha value is -3.46. The fraction of sp³-hybridized carbons (Fsp3) is 0.393. The lowest BCUT2D eigenvalue weighted by Gasteiger charge is -2.29. The summed E-state index contributed by atoms with van der Waals surface area (Å²) in [5, 5.41) is 11.9. The number of aromatic nitrogens is 3. The molecule has 0 bridgehead atoms. The Morgan fingerprint density at radius 1 is 1.19 bits per heavy atom. The zero-order valence-electron chi connectivity index (χ0n) is 22.1. The highest BCUT2D eigenvalue weighted by Crippen LogP contribution is 2.38. The number of nitrogens with one attached hydrogen (secondary N) is 2. The molecule has 1 unspecified atom stereocenters. The number of thioether (sulfide) groups is 1. The minimum Gasteiger partial charge on any atom is -0.492 e. The number of carbonyl (C=O) groups is 1. The van der Waals surface area contributed by atoms with Crippen molar-refractivity contribution in [2.75, 3.05) is 23.0 Å². The van der Waals surface area contributed by atoms with E-state index in [0.29, 0.717) is 34.7 Å². The first kappa shape index (κ1) is 26.6. The maximum Gasteiger partial charge on any atom is 0.255 e. The quantitative estimate of drug-likeness (QED) is 0.227. The predicted octanol–water partition coefficient (Wildman–Crippen LogP) is 6.28. The van der Waals surface area contributed by atoms with Gasteiger partial charge in [-0.25, -0.2) is 4.68 Å². The van der Waals surface area contributed by atoms with E-state index in [1.54, 1.807) is 16.4 Å². The van der Waals surface area contributed by atoms with Gasteiger partial charge >= 0.3 is 0 Å². The molecule has 4 rings (SSSR count). The van der Waals surface area contributed by atoms with E-state index in [1.165, 1.54) is 0 Å². The van der Waals surface area contributed by atoms with E-state index in [-0.39, 0.29) is 12.0 Å². The summed E-state index contributed by atoms with van der Waals surface area (Å²) in [4.78, 5) is 18.6. The van der Waals surface area contributed by atoms with Gasteiger partial charge in [0, 0.05) is 11.4 Å². The zero-order chi connectivity index (χ0) is 26.4. The van der Waals surface area contributed by atoms with Crippen molar-refractivity contribution in [3.8, 4) is 11.5 Å². The first-order valence-electron chi connectivity index (χ1n) is 12.8. The maximum absolute atomic E-state index is 13.8. The fourth-order valence-electron chi connectivity index (χ4n) is 4.17. The van der Waals surface area contributed by atoms with Crippen molar-refractivity contribution in [1.29, 1.82) is 0 Å². The number of amides is 1. The number of rotatable bonds is 11. The van der Waals surface area contributed by atoms with Gasteiger partial charge in [-0.05, 0) is 63.9 Å². The second kappa shape index (κ2) is 12.2. The summed E-state index contributed by atoms with van der Waals surface area (Å²) in [6, 6.07) is 14.8. The van der Waals surface area contributed by atoms with Gasteiger partial charge in [0.2, 0.25) is 11.1 Å². The Labute approximate surface area is 222 Å². The average molecular weight is 522 g/mol. The Morgan fingerprint density at radius 3 is 2.76 bits per heavy atom. The molecule has 2 N–H and O–H groups in total. The molecule has 1 aliphatic heterocycles. The summed E-state index contributed by atoms with van der Waals surface area (Å²) >= 11 is 1.62. The van der Waals surface area contributed by atoms with Crippen LogP contribution in [-0.2, 0) is 4.79 Å². The van der Waals surface area contributed by atoms with Gasteiger partial charge in [0.05, 0.1) is 24.0 Å². The number of hydrogen-bond acceptors (Lipinski definition) is 7. The molecule has 0 radical (unpaired) electrons. The average Bonchev–Trinajstić information content (AvgIpc) is 3.26. The van der Waals surface area contributed by atoms with Gasteiger partial charge in [0.1, 0.15) is 17.5 Å². The lowest BCUT2D eigenvalue weighted by Crippen LogP contribution is -2.31. The molecule has 196 valence electrons. The summed E-state index contributed by atoms with van der Waals surface area (Å²) in [6.45, 7) is 10.5. The van der Waals surface area contributed by atoms with Crippen LogP contribution in [0.1, 0.15) is 59.1 Å². The molecule has 0 aliphatic carbocycles. The molecule has 37 heavy (non-hydrogen) atoms. The van der Waals surface area contributed by atoms with Crippen LogP contribution in [-0.4, -0.2) is 39.1 Å². The Kier molecular flexibility index (Phi) is 8.76. The SMILES string of the molecule is CCCCSc1nc2n(n1)C(c1cccc(OC(C)C)c1)C(C(=O)Nc1ccccc1OCC)=C(C)N2. The molecule has 1 amide bonds. The monoisotopic (exact) mass is 521 g/mol. The van der Waals surface area contributed by atoms with Crippen molar-refractivity contribution < 1.29 is 14.3 Å². The van der Waals surface area contributed by atoms with Crippen LogP contribution < -0.4 is 20.1 Å². The van der Waals surface area contributed by atoms with Crippen molar-refractivity contribution in [1.82, 2.24) is 14.8 Å². The summed E-state index contributed by atoms with van der Waals surface area (Å²) in [6.07, 6.45) is 2.23. The van der Waals surface area contributed by atoms with Crippen LogP contribution in [0.5, 0.6) is 11.5 Å². The van der Waals surface area contributed by atoms with Crippen molar-refractivity contribution in [2.45, 2.75) is 64.8 Å². The number of nitrogens with zero attached hydrogens (tertiary/aromatic N) is 3. The lowest BCUT2D eigenvalue weighted by molar-refractivity contribution is -0.113. The molecule has 8 nitrogen and oxygen atoms in total. The Bertz CT molecular complexity index is 1270. The van der Waals surface area contributed by atoms with Gasteiger partial charge in [0.25, 0.3) is 5.91 Å². The number of benzene rings is 2. The molecular formula is C28H35N5O3S. The molecular weight excluding hydrogens is 486 g/mol. The minimum absolute atomic E-state index is 0.0295. The van der Waals surface area contributed by atoms with Crippen LogP contribution in [0.25, 0.3) is 0 Å². The van der Waals surface area contributed by atoms with Crippen LogP contribution in [0, 0.1) is 0 Å². The molecule has 1 aromatic heterocycles. The van der Waals surface area contributed by atoms with E-state index in [0.717, 1.165) is 35.6 Å². The third-order valence-electron chi connectivity index (χ3n) is 5.79. The number of para-hydroxylation sites is 2. The van der Waals surface area contributed by atoms with Gasteiger partial charge in [-0.1, -0.05) is 49.4 Å². The topological polar surface area (TPSA) is 90.3 Å². The van der Waals surface area contributed by atoms with Crippen LogP contribution in [0.4, 0.5) is 11.6 Å². The predicted molar refractivity (Wildman–Crippen MR) is 149 cm³/mol. The second-order valence-electron chi connectivity index (χ2n) is 9.05. The Morgan fingerprint density at radius 2 is 2.00 bits per heavy atom. The van der Waals surface area contributed by atoms with Gasteiger partial charge in [-0.2, -0.15) is 4.98 Å². The molecule has 9 heteroatoms. The third kappa shape index (κ3) is 6.28. The van der Waals surface area contributed by atoms with Crippen LogP contribution in [0.2, 0.25) is 0 Å². The largest absolute Gasteiger partial charge is 0.492 e. The minimum atomic E-state index is -0.487. The second-order valence-corrected chi connectivity index (χ2v) is 10.1. The number of unbranched alkanes of at least 4 members (excludes halogenated alkanes) is 1. The summed E-state index contributed by atoms with van der Waals surface area (Å²) < 4.78 is 13.5. The van der Waals surface area contributed by atoms with E-state index < -0.39 is 6.04 Å². The molecule has 0 spiro atoms. The Balaban J connectivity index is 1.74. The van der Waals surface area contributed by atoms with Crippen LogP contribution in [0.3, 0.4) is 0 Å². The number of hydrogen-bond donors (Lipinski definition) is 2. The smallest absolute Gasteiger partial charge is 0.255 e. The van der Waals surface area contributed by atoms with E-state index in [4.69, 9.17) is 19.6 Å².